The number of fused-ring (bicyclic) bond motifs is 1. The van der Waals surface area contributed by atoms with Gasteiger partial charge in [-0.3, -0.25) is 0 Å². The highest BCUT2D eigenvalue weighted by molar-refractivity contribution is 5.84. The summed E-state index contributed by atoms with van der Waals surface area (Å²) < 4.78 is 0. The molecule has 0 aliphatic carbocycles. The Kier molecular flexibility index (Phi) is 4.42. The number of nitrogens with one attached hydrogen (secondary N) is 3. The summed E-state index contributed by atoms with van der Waals surface area (Å²) in [6.07, 6.45) is 6.48. The van der Waals surface area contributed by atoms with Crippen LogP contribution in [-0.4, -0.2) is 47.6 Å². The number of aromatic amines is 1. The normalized spacial score (nSPS) is 24.1. The summed E-state index contributed by atoms with van der Waals surface area (Å²) in [5, 5.41) is 7.93. The van der Waals surface area contributed by atoms with Crippen molar-refractivity contribution in [3.05, 3.63) is 35.0 Å². The number of H-pyrrole nitrogens is 1. The van der Waals surface area contributed by atoms with Crippen molar-refractivity contribution in [2.45, 2.75) is 51.6 Å². The fraction of sp³-hybridized carbons (Fsp3) is 0.550. The molecule has 4 rings (SSSR count). The van der Waals surface area contributed by atoms with Crippen molar-refractivity contribution < 1.29 is 4.79 Å². The highest BCUT2D eigenvalue weighted by Crippen LogP contribution is 2.25. The monoisotopic (exact) mass is 340 g/mol. The molecule has 5 heteroatoms. The van der Waals surface area contributed by atoms with Crippen LogP contribution >= 0.6 is 0 Å². The largest absolute Gasteiger partial charge is 0.361 e. The zero-order chi connectivity index (χ0) is 17.4. The van der Waals surface area contributed by atoms with Gasteiger partial charge < -0.3 is 20.5 Å². The molecule has 1 aromatic heterocycles. The van der Waals surface area contributed by atoms with Crippen LogP contribution in [0.5, 0.6) is 0 Å². The van der Waals surface area contributed by atoms with Gasteiger partial charge in [0.1, 0.15) is 0 Å². The van der Waals surface area contributed by atoms with Gasteiger partial charge in [0.2, 0.25) is 0 Å². The van der Waals surface area contributed by atoms with Crippen molar-refractivity contribution in [2.75, 3.05) is 19.6 Å². The molecule has 0 saturated carbocycles. The van der Waals surface area contributed by atoms with Gasteiger partial charge in [-0.1, -0.05) is 0 Å². The Labute approximate surface area is 149 Å². The topological polar surface area (TPSA) is 60.2 Å². The number of aryl methyl sites for hydroxylation is 3. The van der Waals surface area contributed by atoms with Gasteiger partial charge in [-0.15, -0.1) is 0 Å². The van der Waals surface area contributed by atoms with Gasteiger partial charge >= 0.3 is 6.03 Å². The Morgan fingerprint density at radius 3 is 2.84 bits per heavy atom. The first-order valence-electron chi connectivity index (χ1n) is 9.47. The van der Waals surface area contributed by atoms with Gasteiger partial charge in [0.05, 0.1) is 0 Å². The van der Waals surface area contributed by atoms with E-state index in [1.807, 2.05) is 4.90 Å². The summed E-state index contributed by atoms with van der Waals surface area (Å²) in [7, 11) is 0. The number of carbonyl (C=O) groups is 1. The third-order valence-corrected chi connectivity index (χ3v) is 5.94. The molecule has 2 amide bonds. The molecule has 2 saturated heterocycles. The minimum absolute atomic E-state index is 0.119. The Balaban J connectivity index is 1.41. The van der Waals surface area contributed by atoms with Gasteiger partial charge in [0.15, 0.2) is 0 Å². The van der Waals surface area contributed by atoms with Crippen LogP contribution in [-0.2, 0) is 6.42 Å². The fourth-order valence-electron chi connectivity index (χ4n) is 4.30. The Morgan fingerprint density at radius 2 is 2.04 bits per heavy atom. The average Bonchev–Trinajstić information content (AvgIpc) is 3.20. The molecule has 0 bridgehead atoms. The van der Waals surface area contributed by atoms with E-state index in [1.165, 1.54) is 27.6 Å². The van der Waals surface area contributed by atoms with Crippen molar-refractivity contribution in [1.82, 2.24) is 20.5 Å². The molecule has 2 atom stereocenters. The van der Waals surface area contributed by atoms with E-state index in [2.05, 4.69) is 47.8 Å². The van der Waals surface area contributed by atoms with Crippen LogP contribution in [0.2, 0.25) is 0 Å². The summed E-state index contributed by atoms with van der Waals surface area (Å²) in [5.41, 5.74) is 5.33. The number of nitrogens with zero attached hydrogens (tertiary/aromatic N) is 1. The van der Waals surface area contributed by atoms with Gasteiger partial charge in [-0.05, 0) is 74.9 Å². The average molecular weight is 340 g/mol. The third kappa shape index (κ3) is 3.25. The predicted molar refractivity (Wildman–Crippen MR) is 101 cm³/mol. The van der Waals surface area contributed by atoms with E-state index >= 15 is 0 Å². The Hall–Kier alpha value is -2.01. The first kappa shape index (κ1) is 16.5. The van der Waals surface area contributed by atoms with E-state index in [9.17, 15) is 4.79 Å². The first-order chi connectivity index (χ1) is 12.1. The number of benzene rings is 1. The Morgan fingerprint density at radius 1 is 1.20 bits per heavy atom. The SMILES string of the molecule is Cc1cc2[nH]cc(CCC3CC(N4CCNC4=O)CCN3)c2cc1C. The van der Waals surface area contributed by atoms with E-state index in [0.29, 0.717) is 12.1 Å². The van der Waals surface area contributed by atoms with Gasteiger partial charge in [0.25, 0.3) is 0 Å². The van der Waals surface area contributed by atoms with E-state index < -0.39 is 0 Å². The van der Waals surface area contributed by atoms with Crippen LogP contribution in [0.25, 0.3) is 10.9 Å². The number of carbonyl (C=O) groups excluding carboxylic acids is 1. The number of rotatable bonds is 4. The van der Waals surface area contributed by atoms with Crippen molar-refractivity contribution in [1.29, 1.82) is 0 Å². The van der Waals surface area contributed by atoms with Gasteiger partial charge in [-0.2, -0.15) is 0 Å². The first-order valence-corrected chi connectivity index (χ1v) is 9.47. The lowest BCUT2D eigenvalue weighted by Gasteiger charge is -2.35. The van der Waals surface area contributed by atoms with Crippen LogP contribution in [0.3, 0.4) is 0 Å². The van der Waals surface area contributed by atoms with Gasteiger partial charge in [-0.25, -0.2) is 4.79 Å². The molecule has 25 heavy (non-hydrogen) atoms. The molecule has 1 aromatic carbocycles. The number of urea groups is 1. The highest BCUT2D eigenvalue weighted by atomic mass is 16.2. The molecule has 3 N–H and O–H groups in total. The van der Waals surface area contributed by atoms with E-state index in [-0.39, 0.29) is 6.03 Å². The smallest absolute Gasteiger partial charge is 0.317 e. The minimum Gasteiger partial charge on any atom is -0.361 e. The molecular weight excluding hydrogens is 312 g/mol. The molecule has 3 heterocycles. The number of hydrogen-bond acceptors (Lipinski definition) is 2. The summed E-state index contributed by atoms with van der Waals surface area (Å²) in [4.78, 5) is 17.4. The van der Waals surface area contributed by atoms with Gasteiger partial charge in [0, 0.05) is 42.3 Å². The highest BCUT2D eigenvalue weighted by Gasteiger charge is 2.31. The van der Waals surface area contributed by atoms with Crippen LogP contribution < -0.4 is 10.6 Å². The molecule has 2 aliphatic heterocycles. The maximum absolute atomic E-state index is 11.9. The molecule has 134 valence electrons. The molecular formula is C20H28N4O. The van der Waals surface area contributed by atoms with Crippen molar-refractivity contribution >= 4 is 16.9 Å². The zero-order valence-electron chi connectivity index (χ0n) is 15.2. The van der Waals surface area contributed by atoms with Crippen molar-refractivity contribution in [3.8, 4) is 0 Å². The summed E-state index contributed by atoms with van der Waals surface area (Å²) in [5.74, 6) is 0. The fourth-order valence-corrected chi connectivity index (χ4v) is 4.30. The lowest BCUT2D eigenvalue weighted by molar-refractivity contribution is 0.169. The summed E-state index contributed by atoms with van der Waals surface area (Å²) in [6.45, 7) is 7.00. The van der Waals surface area contributed by atoms with E-state index in [4.69, 9.17) is 0 Å². The number of aromatic nitrogens is 1. The maximum atomic E-state index is 11.9. The quantitative estimate of drug-likeness (QED) is 0.801. The number of piperidine rings is 1. The van der Waals surface area contributed by atoms with E-state index in [1.54, 1.807) is 0 Å². The molecule has 5 nitrogen and oxygen atoms in total. The molecule has 2 unspecified atom stereocenters. The minimum atomic E-state index is 0.119. The third-order valence-electron chi connectivity index (χ3n) is 5.94. The van der Waals surface area contributed by atoms with Crippen LogP contribution in [0.15, 0.2) is 18.3 Å². The molecule has 2 aromatic rings. The van der Waals surface area contributed by atoms with Crippen LogP contribution in [0, 0.1) is 13.8 Å². The molecule has 2 fully saturated rings. The summed E-state index contributed by atoms with van der Waals surface area (Å²) >= 11 is 0. The number of amides is 2. The number of hydrogen-bond donors (Lipinski definition) is 3. The second-order valence-electron chi connectivity index (χ2n) is 7.59. The second-order valence-corrected chi connectivity index (χ2v) is 7.59. The lowest BCUT2D eigenvalue weighted by atomic mass is 9.93. The Bertz CT molecular complexity index is 781. The van der Waals surface area contributed by atoms with Crippen LogP contribution in [0.4, 0.5) is 4.79 Å². The van der Waals surface area contributed by atoms with Crippen molar-refractivity contribution in [3.63, 3.8) is 0 Å². The van der Waals surface area contributed by atoms with E-state index in [0.717, 1.165) is 45.3 Å². The second kappa shape index (κ2) is 6.71. The molecule has 0 radical (unpaired) electrons. The summed E-state index contributed by atoms with van der Waals surface area (Å²) in [6, 6.07) is 5.55. The predicted octanol–water partition coefficient (Wildman–Crippen LogP) is 2.86. The standard InChI is InChI=1S/C20H28N4O/c1-13-9-18-15(12-23-19(18)10-14(13)2)3-4-16-11-17(5-6-21-16)24-8-7-22-20(24)25/h9-10,12,16-17,21,23H,3-8,11H2,1-2H3,(H,22,25). The van der Waals surface area contributed by atoms with Crippen molar-refractivity contribution in [2.24, 2.45) is 0 Å². The molecule has 2 aliphatic rings. The zero-order valence-corrected chi connectivity index (χ0v) is 15.2. The van der Waals surface area contributed by atoms with Crippen LogP contribution in [0.1, 0.15) is 36.0 Å². The molecule has 0 spiro atoms. The maximum Gasteiger partial charge on any atom is 0.317 e. The lowest BCUT2D eigenvalue weighted by Crippen LogP contribution is -2.49.